The van der Waals surface area contributed by atoms with Crippen LogP contribution in [-0.2, 0) is 6.42 Å². The summed E-state index contributed by atoms with van der Waals surface area (Å²) < 4.78 is 0. The van der Waals surface area contributed by atoms with Crippen molar-refractivity contribution in [1.82, 2.24) is 5.32 Å². The Labute approximate surface area is 121 Å². The van der Waals surface area contributed by atoms with Gasteiger partial charge in [0.15, 0.2) is 0 Å². The molecule has 0 spiro atoms. The minimum Gasteiger partial charge on any atom is -0.330 e. The molecule has 2 rings (SSSR count). The van der Waals surface area contributed by atoms with Crippen LogP contribution in [0.1, 0.15) is 38.2 Å². The van der Waals surface area contributed by atoms with E-state index in [1.807, 2.05) is 12.1 Å². The average molecular weight is 281 g/mol. The van der Waals surface area contributed by atoms with Gasteiger partial charge in [-0.3, -0.25) is 0 Å². The van der Waals surface area contributed by atoms with Crippen molar-refractivity contribution >= 4 is 11.6 Å². The lowest BCUT2D eigenvalue weighted by Crippen LogP contribution is -2.46. The molecule has 19 heavy (non-hydrogen) atoms. The fourth-order valence-corrected chi connectivity index (χ4v) is 3.34. The molecule has 1 fully saturated rings. The Morgan fingerprint density at radius 2 is 2.05 bits per heavy atom. The molecule has 3 atom stereocenters. The lowest BCUT2D eigenvalue weighted by molar-refractivity contribution is 0.251. The number of hydrogen-bond donors (Lipinski definition) is 2. The third-order valence-electron chi connectivity index (χ3n) is 4.19. The van der Waals surface area contributed by atoms with Crippen LogP contribution in [-0.4, -0.2) is 18.6 Å². The molecular weight excluding hydrogens is 256 g/mol. The summed E-state index contributed by atoms with van der Waals surface area (Å²) in [6.45, 7) is 3.04. The minimum absolute atomic E-state index is 0.442. The van der Waals surface area contributed by atoms with E-state index < -0.39 is 0 Å². The fourth-order valence-electron chi connectivity index (χ4n) is 3.13. The maximum absolute atomic E-state index is 6.22. The molecule has 0 bridgehead atoms. The predicted octanol–water partition coefficient (Wildman–Crippen LogP) is 3.38. The molecule has 3 unspecified atom stereocenters. The molecule has 0 amide bonds. The van der Waals surface area contributed by atoms with Crippen LogP contribution >= 0.6 is 11.6 Å². The van der Waals surface area contributed by atoms with E-state index in [9.17, 15) is 0 Å². The first-order valence-electron chi connectivity index (χ1n) is 7.40. The molecule has 1 aliphatic carbocycles. The third kappa shape index (κ3) is 4.20. The van der Waals surface area contributed by atoms with Crippen molar-refractivity contribution in [2.45, 2.75) is 51.1 Å². The van der Waals surface area contributed by atoms with E-state index in [2.05, 4.69) is 24.4 Å². The molecule has 1 saturated carbocycles. The van der Waals surface area contributed by atoms with E-state index in [0.29, 0.717) is 18.0 Å². The standard InChI is InChI=1S/C16H25ClN2/c1-12(10-13-6-2-4-8-15(13)17)19-16-9-5-3-7-14(16)11-18/h2,4,6,8,12,14,16,19H,3,5,7,9-11,18H2,1H3. The average Bonchev–Trinajstić information content (AvgIpc) is 2.42. The first-order chi connectivity index (χ1) is 9.20. The molecule has 0 heterocycles. The monoisotopic (exact) mass is 280 g/mol. The summed E-state index contributed by atoms with van der Waals surface area (Å²) in [4.78, 5) is 0. The van der Waals surface area contributed by atoms with Gasteiger partial charge in [-0.25, -0.2) is 0 Å². The van der Waals surface area contributed by atoms with Crippen molar-refractivity contribution in [2.24, 2.45) is 11.7 Å². The van der Waals surface area contributed by atoms with Gasteiger partial charge in [-0.1, -0.05) is 42.6 Å². The van der Waals surface area contributed by atoms with Crippen molar-refractivity contribution in [3.63, 3.8) is 0 Å². The molecule has 3 heteroatoms. The normalized spacial score (nSPS) is 25.2. The largest absolute Gasteiger partial charge is 0.330 e. The van der Waals surface area contributed by atoms with Crippen molar-refractivity contribution in [2.75, 3.05) is 6.54 Å². The molecule has 1 aromatic carbocycles. The molecule has 0 radical (unpaired) electrons. The van der Waals surface area contributed by atoms with Crippen LogP contribution in [0.3, 0.4) is 0 Å². The first-order valence-corrected chi connectivity index (χ1v) is 7.78. The Bertz CT molecular complexity index is 394. The number of halogens is 1. The van der Waals surface area contributed by atoms with Crippen LogP contribution in [0, 0.1) is 5.92 Å². The van der Waals surface area contributed by atoms with Crippen LogP contribution in [0.15, 0.2) is 24.3 Å². The fraction of sp³-hybridized carbons (Fsp3) is 0.625. The van der Waals surface area contributed by atoms with Crippen LogP contribution in [0.2, 0.25) is 5.02 Å². The lowest BCUT2D eigenvalue weighted by atomic mass is 9.84. The summed E-state index contributed by atoms with van der Waals surface area (Å²) in [7, 11) is 0. The van der Waals surface area contributed by atoms with Gasteiger partial charge in [0.25, 0.3) is 0 Å². The highest BCUT2D eigenvalue weighted by atomic mass is 35.5. The highest BCUT2D eigenvalue weighted by Crippen LogP contribution is 2.24. The van der Waals surface area contributed by atoms with E-state index >= 15 is 0 Å². The first kappa shape index (κ1) is 14.8. The number of nitrogens with two attached hydrogens (primary N) is 1. The second-order valence-electron chi connectivity index (χ2n) is 5.75. The zero-order valence-electron chi connectivity index (χ0n) is 11.7. The van der Waals surface area contributed by atoms with E-state index in [0.717, 1.165) is 18.0 Å². The van der Waals surface area contributed by atoms with E-state index in [1.165, 1.54) is 31.2 Å². The van der Waals surface area contributed by atoms with Crippen LogP contribution in [0.25, 0.3) is 0 Å². The molecule has 3 N–H and O–H groups in total. The summed E-state index contributed by atoms with van der Waals surface area (Å²) in [5, 5.41) is 4.63. The minimum atomic E-state index is 0.442. The van der Waals surface area contributed by atoms with E-state index in [4.69, 9.17) is 17.3 Å². The van der Waals surface area contributed by atoms with Crippen LogP contribution < -0.4 is 11.1 Å². The predicted molar refractivity (Wildman–Crippen MR) is 82.6 cm³/mol. The Morgan fingerprint density at radius 3 is 2.79 bits per heavy atom. The zero-order chi connectivity index (χ0) is 13.7. The van der Waals surface area contributed by atoms with Crippen molar-refractivity contribution in [1.29, 1.82) is 0 Å². The van der Waals surface area contributed by atoms with Gasteiger partial charge < -0.3 is 11.1 Å². The quantitative estimate of drug-likeness (QED) is 0.868. The van der Waals surface area contributed by atoms with Gasteiger partial charge in [-0.15, -0.1) is 0 Å². The van der Waals surface area contributed by atoms with Crippen molar-refractivity contribution in [3.05, 3.63) is 34.9 Å². The second-order valence-corrected chi connectivity index (χ2v) is 6.16. The Balaban J connectivity index is 1.90. The van der Waals surface area contributed by atoms with Crippen molar-refractivity contribution < 1.29 is 0 Å². The molecule has 0 aromatic heterocycles. The number of nitrogens with one attached hydrogen (secondary N) is 1. The summed E-state index contributed by atoms with van der Waals surface area (Å²) in [6.07, 6.45) is 6.17. The summed E-state index contributed by atoms with van der Waals surface area (Å²) in [5.74, 6) is 0.641. The molecule has 2 nitrogen and oxygen atoms in total. The molecule has 0 saturated heterocycles. The zero-order valence-corrected chi connectivity index (χ0v) is 12.5. The highest BCUT2D eigenvalue weighted by molar-refractivity contribution is 6.31. The maximum Gasteiger partial charge on any atom is 0.0438 e. The summed E-state index contributed by atoms with van der Waals surface area (Å²) in [6, 6.07) is 9.13. The Kier molecular flexibility index (Phi) is 5.68. The van der Waals surface area contributed by atoms with E-state index in [1.54, 1.807) is 0 Å². The van der Waals surface area contributed by atoms with Gasteiger partial charge in [0.2, 0.25) is 0 Å². The van der Waals surface area contributed by atoms with Crippen molar-refractivity contribution in [3.8, 4) is 0 Å². The van der Waals surface area contributed by atoms with Gasteiger partial charge >= 0.3 is 0 Å². The topological polar surface area (TPSA) is 38.0 Å². The summed E-state index contributed by atoms with van der Waals surface area (Å²) >= 11 is 6.22. The lowest BCUT2D eigenvalue weighted by Gasteiger charge is -2.33. The Hall–Kier alpha value is -0.570. The van der Waals surface area contributed by atoms with Crippen LogP contribution in [0.4, 0.5) is 0 Å². The maximum atomic E-state index is 6.22. The SMILES string of the molecule is CC(Cc1ccccc1Cl)NC1CCCCC1CN. The molecular formula is C16H25ClN2. The second kappa shape index (κ2) is 7.28. The number of benzene rings is 1. The molecule has 106 valence electrons. The molecule has 1 aliphatic rings. The Morgan fingerprint density at radius 1 is 1.32 bits per heavy atom. The molecule has 0 aliphatic heterocycles. The smallest absolute Gasteiger partial charge is 0.0438 e. The number of hydrogen-bond acceptors (Lipinski definition) is 2. The van der Waals surface area contributed by atoms with Gasteiger partial charge in [0, 0.05) is 17.1 Å². The molecule has 1 aromatic rings. The summed E-state index contributed by atoms with van der Waals surface area (Å²) in [5.41, 5.74) is 7.11. The van der Waals surface area contributed by atoms with Gasteiger partial charge in [0.1, 0.15) is 0 Å². The van der Waals surface area contributed by atoms with Gasteiger partial charge in [-0.2, -0.15) is 0 Å². The van der Waals surface area contributed by atoms with Crippen LogP contribution in [0.5, 0.6) is 0 Å². The number of rotatable bonds is 5. The van der Waals surface area contributed by atoms with E-state index in [-0.39, 0.29) is 0 Å². The van der Waals surface area contributed by atoms with Gasteiger partial charge in [0.05, 0.1) is 0 Å². The third-order valence-corrected chi connectivity index (χ3v) is 4.56. The highest BCUT2D eigenvalue weighted by Gasteiger charge is 2.24. The van der Waals surface area contributed by atoms with Gasteiger partial charge in [-0.05, 0) is 50.3 Å².